The number of anilines is 1. The van der Waals surface area contributed by atoms with E-state index in [1.54, 1.807) is 42.6 Å². The highest BCUT2D eigenvalue weighted by Crippen LogP contribution is 2.32. The highest BCUT2D eigenvalue weighted by Gasteiger charge is 2.30. The number of rotatable bonds is 12. The van der Waals surface area contributed by atoms with E-state index < -0.39 is 29.7 Å². The SMILES string of the molecule is CC(C)(C)c1nnc(-c2ccc(OC[C@@H](Nc3ccc(C(=O)NCCC(=O)O)cc3)c3ccc(-c4ccc(C(F)(F)F)cc4)cc3)nc2)o1. The molecule has 3 N–H and O–H groups in total. The number of halogens is 3. The number of nitrogens with one attached hydrogen (secondary N) is 2. The molecular formula is C36H34F3N5O5. The molecule has 13 heteroatoms. The molecule has 0 bridgehead atoms. The van der Waals surface area contributed by atoms with Crippen molar-refractivity contribution < 1.29 is 37.0 Å². The fourth-order valence-corrected chi connectivity index (χ4v) is 4.69. The van der Waals surface area contributed by atoms with E-state index in [0.29, 0.717) is 40.0 Å². The molecule has 0 radical (unpaired) electrons. The Kier molecular flexibility index (Phi) is 10.3. The van der Waals surface area contributed by atoms with Gasteiger partial charge >= 0.3 is 12.1 Å². The summed E-state index contributed by atoms with van der Waals surface area (Å²) >= 11 is 0. The second kappa shape index (κ2) is 14.6. The van der Waals surface area contributed by atoms with Crippen molar-refractivity contribution in [2.75, 3.05) is 18.5 Å². The number of pyridine rings is 1. The Morgan fingerprint density at radius 3 is 2.04 bits per heavy atom. The Morgan fingerprint density at radius 2 is 1.49 bits per heavy atom. The topological polar surface area (TPSA) is 139 Å². The van der Waals surface area contributed by atoms with Gasteiger partial charge in [-0.05, 0) is 59.2 Å². The number of carboxylic acid groups (broad SMARTS) is 1. The molecule has 0 fully saturated rings. The van der Waals surface area contributed by atoms with Gasteiger partial charge in [-0.3, -0.25) is 9.59 Å². The lowest BCUT2D eigenvalue weighted by Gasteiger charge is -2.21. The van der Waals surface area contributed by atoms with Crippen LogP contribution >= 0.6 is 0 Å². The monoisotopic (exact) mass is 673 g/mol. The van der Waals surface area contributed by atoms with Crippen LogP contribution in [0.4, 0.5) is 18.9 Å². The van der Waals surface area contributed by atoms with Crippen LogP contribution in [0, 0.1) is 0 Å². The van der Waals surface area contributed by atoms with Crippen molar-refractivity contribution in [3.05, 3.63) is 114 Å². The van der Waals surface area contributed by atoms with Crippen LogP contribution in [0.5, 0.6) is 5.88 Å². The Labute approximate surface area is 280 Å². The van der Waals surface area contributed by atoms with E-state index in [1.807, 2.05) is 45.0 Å². The van der Waals surface area contributed by atoms with Crippen molar-refractivity contribution in [1.82, 2.24) is 20.5 Å². The number of amides is 1. The average Bonchev–Trinajstić information content (AvgIpc) is 3.58. The van der Waals surface area contributed by atoms with Crippen molar-refractivity contribution in [2.45, 2.75) is 44.8 Å². The average molecular weight is 674 g/mol. The number of ether oxygens (including phenoxy) is 1. The van der Waals surface area contributed by atoms with Gasteiger partial charge in [0.1, 0.15) is 6.61 Å². The van der Waals surface area contributed by atoms with Crippen LogP contribution in [0.25, 0.3) is 22.6 Å². The number of aliphatic carboxylic acids is 1. The lowest BCUT2D eigenvalue weighted by molar-refractivity contribution is -0.138. The number of carboxylic acids is 1. The third kappa shape index (κ3) is 9.21. The van der Waals surface area contributed by atoms with E-state index in [-0.39, 0.29) is 25.0 Å². The zero-order valence-corrected chi connectivity index (χ0v) is 26.9. The van der Waals surface area contributed by atoms with E-state index in [9.17, 15) is 22.8 Å². The summed E-state index contributed by atoms with van der Waals surface area (Å²) in [5.41, 5.74) is 2.86. The second-order valence-corrected chi connectivity index (χ2v) is 12.2. The van der Waals surface area contributed by atoms with Crippen molar-refractivity contribution in [3.63, 3.8) is 0 Å². The number of carbonyl (C=O) groups excluding carboxylic acids is 1. The minimum Gasteiger partial charge on any atom is -0.481 e. The van der Waals surface area contributed by atoms with Gasteiger partial charge < -0.3 is 24.9 Å². The molecule has 1 atom stereocenters. The van der Waals surface area contributed by atoms with Crippen LogP contribution in [-0.2, 0) is 16.4 Å². The number of nitrogens with zero attached hydrogens (tertiary/aromatic N) is 3. The molecule has 5 rings (SSSR count). The molecule has 0 spiro atoms. The summed E-state index contributed by atoms with van der Waals surface area (Å²) in [6.45, 7) is 6.07. The summed E-state index contributed by atoms with van der Waals surface area (Å²) in [6, 6.07) is 22.1. The van der Waals surface area contributed by atoms with Crippen molar-refractivity contribution in [3.8, 4) is 28.5 Å². The summed E-state index contributed by atoms with van der Waals surface area (Å²) in [4.78, 5) is 27.5. The number of hydrogen-bond donors (Lipinski definition) is 3. The van der Waals surface area contributed by atoms with E-state index in [2.05, 4.69) is 25.8 Å². The molecule has 2 aromatic heterocycles. The fourth-order valence-electron chi connectivity index (χ4n) is 4.69. The zero-order valence-electron chi connectivity index (χ0n) is 26.9. The molecule has 0 aliphatic heterocycles. The molecule has 0 saturated heterocycles. The lowest BCUT2D eigenvalue weighted by Crippen LogP contribution is -2.26. The van der Waals surface area contributed by atoms with Gasteiger partial charge in [-0.2, -0.15) is 13.2 Å². The smallest absolute Gasteiger partial charge is 0.416 e. The van der Waals surface area contributed by atoms with Gasteiger partial charge in [-0.25, -0.2) is 4.98 Å². The molecule has 2 heterocycles. The number of benzene rings is 3. The van der Waals surface area contributed by atoms with Gasteiger partial charge in [0.2, 0.25) is 17.7 Å². The van der Waals surface area contributed by atoms with E-state index in [1.165, 1.54) is 12.1 Å². The van der Waals surface area contributed by atoms with E-state index in [0.717, 1.165) is 23.3 Å². The maximum Gasteiger partial charge on any atom is 0.416 e. The molecule has 0 aliphatic rings. The highest BCUT2D eigenvalue weighted by molar-refractivity contribution is 5.94. The first kappa shape index (κ1) is 34.6. The summed E-state index contributed by atoms with van der Waals surface area (Å²) in [5.74, 6) is -0.200. The third-order valence-corrected chi connectivity index (χ3v) is 7.42. The number of aromatic nitrogens is 3. The van der Waals surface area contributed by atoms with Gasteiger partial charge in [-0.1, -0.05) is 57.2 Å². The van der Waals surface area contributed by atoms with Crippen LogP contribution in [0.2, 0.25) is 0 Å². The first-order valence-corrected chi connectivity index (χ1v) is 15.3. The number of carbonyl (C=O) groups is 2. The molecule has 0 unspecified atom stereocenters. The van der Waals surface area contributed by atoms with Gasteiger partial charge in [0.25, 0.3) is 5.91 Å². The van der Waals surface area contributed by atoms with Gasteiger partial charge in [-0.15, -0.1) is 10.2 Å². The van der Waals surface area contributed by atoms with Gasteiger partial charge in [0, 0.05) is 35.5 Å². The Balaban J connectivity index is 1.32. The van der Waals surface area contributed by atoms with Gasteiger partial charge in [0.15, 0.2) is 0 Å². The van der Waals surface area contributed by atoms with Gasteiger partial charge in [0.05, 0.1) is 23.6 Å². The number of alkyl halides is 3. The standard InChI is InChI=1S/C36H34F3N5O5/c1-35(2,3)34-44-43-33(49-34)26-12-17-30(41-20-26)48-21-29(42-28-15-10-25(11-16-28)32(47)40-19-18-31(45)46)24-6-4-22(5-7-24)23-8-13-27(14-9-23)36(37,38)39/h4-17,20,29,42H,18-19,21H2,1-3H3,(H,40,47)(H,45,46)/t29-/m1/s1. The van der Waals surface area contributed by atoms with Crippen molar-refractivity contribution >= 4 is 17.6 Å². The maximum absolute atomic E-state index is 13.0. The highest BCUT2D eigenvalue weighted by atomic mass is 19.4. The molecule has 3 aromatic carbocycles. The first-order valence-electron chi connectivity index (χ1n) is 15.3. The van der Waals surface area contributed by atoms with Crippen molar-refractivity contribution in [2.24, 2.45) is 0 Å². The Hall–Kier alpha value is -5.72. The summed E-state index contributed by atoms with van der Waals surface area (Å²) in [7, 11) is 0. The Morgan fingerprint density at radius 1 is 0.857 bits per heavy atom. The van der Waals surface area contributed by atoms with Crippen LogP contribution in [-0.4, -0.2) is 45.3 Å². The molecule has 254 valence electrons. The zero-order chi connectivity index (χ0) is 35.2. The summed E-state index contributed by atoms with van der Waals surface area (Å²) in [5, 5.41) is 23.0. The van der Waals surface area contributed by atoms with Crippen LogP contribution in [0.1, 0.15) is 60.6 Å². The van der Waals surface area contributed by atoms with E-state index >= 15 is 0 Å². The number of hydrogen-bond acceptors (Lipinski definition) is 8. The summed E-state index contributed by atoms with van der Waals surface area (Å²) in [6.07, 6.45) is -3.02. The Bertz CT molecular complexity index is 1870. The predicted molar refractivity (Wildman–Crippen MR) is 176 cm³/mol. The van der Waals surface area contributed by atoms with Crippen molar-refractivity contribution in [1.29, 1.82) is 0 Å². The molecule has 0 saturated carbocycles. The maximum atomic E-state index is 13.0. The lowest BCUT2D eigenvalue weighted by atomic mass is 9.97. The minimum absolute atomic E-state index is 0.0118. The second-order valence-electron chi connectivity index (χ2n) is 12.2. The molecule has 1 amide bonds. The van der Waals surface area contributed by atoms with E-state index in [4.69, 9.17) is 14.3 Å². The quantitative estimate of drug-likeness (QED) is 0.122. The molecule has 49 heavy (non-hydrogen) atoms. The third-order valence-electron chi connectivity index (χ3n) is 7.42. The van der Waals surface area contributed by atoms with Crippen LogP contribution in [0.3, 0.4) is 0 Å². The fraction of sp³-hybridized carbons (Fsp3) is 0.250. The van der Waals surface area contributed by atoms with Crippen LogP contribution < -0.4 is 15.4 Å². The molecule has 5 aromatic rings. The first-order chi connectivity index (χ1) is 23.3. The molecular weight excluding hydrogens is 639 g/mol. The molecule has 10 nitrogen and oxygen atoms in total. The van der Waals surface area contributed by atoms with Crippen LogP contribution in [0.15, 0.2) is 95.5 Å². The molecule has 0 aliphatic carbocycles. The summed E-state index contributed by atoms with van der Waals surface area (Å²) < 4.78 is 51.0. The minimum atomic E-state index is -4.42. The predicted octanol–water partition coefficient (Wildman–Crippen LogP) is 7.55. The normalized spacial score (nSPS) is 12.3. The largest absolute Gasteiger partial charge is 0.481 e.